The van der Waals surface area contributed by atoms with Crippen molar-refractivity contribution < 1.29 is 19.1 Å². The summed E-state index contributed by atoms with van der Waals surface area (Å²) in [6.45, 7) is 1.47. The molecule has 7 heteroatoms. The van der Waals surface area contributed by atoms with E-state index in [-0.39, 0.29) is 18.2 Å². The SMILES string of the molecule is CN(Cc1ccc2c(c1)OCCO2)C(=O)C1=NN(c2ccccc2)C(=O)CC1. The second-order valence-electron chi connectivity index (χ2n) is 6.73. The first-order valence-electron chi connectivity index (χ1n) is 9.21. The number of ether oxygens (including phenoxy) is 2. The second kappa shape index (κ2) is 7.72. The minimum atomic E-state index is -0.191. The van der Waals surface area contributed by atoms with Gasteiger partial charge in [-0.05, 0) is 29.8 Å². The van der Waals surface area contributed by atoms with Gasteiger partial charge in [0.2, 0.25) is 5.91 Å². The highest BCUT2D eigenvalue weighted by molar-refractivity contribution is 6.40. The van der Waals surface area contributed by atoms with Crippen LogP contribution in [0.15, 0.2) is 53.6 Å². The van der Waals surface area contributed by atoms with Crippen LogP contribution in [0.3, 0.4) is 0 Å². The number of hydrazone groups is 1. The Morgan fingerprint density at radius 2 is 1.82 bits per heavy atom. The lowest BCUT2D eigenvalue weighted by molar-refractivity contribution is -0.123. The van der Waals surface area contributed by atoms with Crippen LogP contribution in [0, 0.1) is 0 Å². The quantitative estimate of drug-likeness (QED) is 0.819. The first-order chi connectivity index (χ1) is 13.6. The summed E-state index contributed by atoms with van der Waals surface area (Å²) >= 11 is 0. The number of fused-ring (bicyclic) bond motifs is 1. The van der Waals surface area contributed by atoms with Gasteiger partial charge in [0, 0.05) is 26.4 Å². The Kier molecular flexibility index (Phi) is 4.97. The molecule has 0 atom stereocenters. The Hall–Kier alpha value is -3.35. The number of rotatable bonds is 4. The average molecular weight is 379 g/mol. The fourth-order valence-electron chi connectivity index (χ4n) is 3.23. The number of anilines is 1. The standard InChI is InChI=1S/C21H21N3O4/c1-23(14-15-7-9-18-19(13-15)28-12-11-27-18)21(26)17-8-10-20(25)24(22-17)16-5-3-2-4-6-16/h2-7,9,13H,8,10-12,14H2,1H3. The molecule has 2 heterocycles. The summed E-state index contributed by atoms with van der Waals surface area (Å²) in [6.07, 6.45) is 0.601. The van der Waals surface area contributed by atoms with Crippen molar-refractivity contribution in [1.82, 2.24) is 4.90 Å². The molecular weight excluding hydrogens is 358 g/mol. The van der Waals surface area contributed by atoms with E-state index in [4.69, 9.17) is 9.47 Å². The summed E-state index contributed by atoms with van der Waals surface area (Å²) in [6, 6.07) is 14.8. The van der Waals surface area contributed by atoms with E-state index in [1.807, 2.05) is 36.4 Å². The molecule has 2 aromatic carbocycles. The molecule has 0 unspecified atom stereocenters. The largest absolute Gasteiger partial charge is 0.486 e. The highest BCUT2D eigenvalue weighted by atomic mass is 16.6. The molecule has 0 radical (unpaired) electrons. The number of carbonyl (C=O) groups is 2. The van der Waals surface area contributed by atoms with Crippen LogP contribution in [-0.2, 0) is 16.1 Å². The maximum Gasteiger partial charge on any atom is 0.270 e. The van der Waals surface area contributed by atoms with Gasteiger partial charge in [-0.15, -0.1) is 0 Å². The number of amides is 2. The van der Waals surface area contributed by atoms with Crippen molar-refractivity contribution in [2.24, 2.45) is 5.10 Å². The number of carbonyl (C=O) groups excluding carboxylic acids is 2. The fraction of sp³-hybridized carbons (Fsp3) is 0.286. The summed E-state index contributed by atoms with van der Waals surface area (Å²) in [5.41, 5.74) is 1.97. The van der Waals surface area contributed by atoms with Gasteiger partial charge in [-0.2, -0.15) is 5.10 Å². The molecule has 144 valence electrons. The first kappa shape index (κ1) is 18.0. The number of hydrogen-bond donors (Lipinski definition) is 0. The lowest BCUT2D eigenvalue weighted by Gasteiger charge is -2.26. The molecule has 2 amide bonds. The number of benzene rings is 2. The van der Waals surface area contributed by atoms with Gasteiger partial charge in [0.05, 0.1) is 5.69 Å². The van der Waals surface area contributed by atoms with Crippen LogP contribution in [0.4, 0.5) is 5.69 Å². The lowest BCUT2D eigenvalue weighted by Crippen LogP contribution is -2.39. The molecule has 0 spiro atoms. The van der Waals surface area contributed by atoms with Crippen LogP contribution in [-0.4, -0.2) is 42.7 Å². The molecule has 0 saturated heterocycles. The zero-order chi connectivity index (χ0) is 19.5. The normalized spacial score (nSPS) is 15.8. The summed E-state index contributed by atoms with van der Waals surface area (Å²) in [7, 11) is 1.73. The Labute approximate surface area is 163 Å². The monoisotopic (exact) mass is 379 g/mol. The van der Waals surface area contributed by atoms with Crippen LogP contribution in [0.5, 0.6) is 11.5 Å². The molecular formula is C21H21N3O4. The van der Waals surface area contributed by atoms with Crippen LogP contribution < -0.4 is 14.5 Å². The molecule has 0 saturated carbocycles. The Morgan fingerprint density at radius 3 is 2.61 bits per heavy atom. The molecule has 0 N–H and O–H groups in total. The van der Waals surface area contributed by atoms with Crippen molar-refractivity contribution in [2.45, 2.75) is 19.4 Å². The number of hydrogen-bond acceptors (Lipinski definition) is 5. The van der Waals surface area contributed by atoms with Gasteiger partial charge in [-0.25, -0.2) is 5.01 Å². The second-order valence-corrected chi connectivity index (χ2v) is 6.73. The maximum absolute atomic E-state index is 12.9. The molecule has 0 aliphatic carbocycles. The van der Waals surface area contributed by atoms with E-state index in [2.05, 4.69) is 5.10 Å². The zero-order valence-electron chi connectivity index (χ0n) is 15.6. The average Bonchev–Trinajstić information content (AvgIpc) is 2.74. The van der Waals surface area contributed by atoms with E-state index >= 15 is 0 Å². The van der Waals surface area contributed by atoms with Gasteiger partial charge < -0.3 is 14.4 Å². The molecule has 2 aliphatic rings. The molecule has 0 bridgehead atoms. The predicted molar refractivity (Wildman–Crippen MR) is 105 cm³/mol. The lowest BCUT2D eigenvalue weighted by atomic mass is 10.1. The van der Waals surface area contributed by atoms with Crippen LogP contribution in [0.2, 0.25) is 0 Å². The van der Waals surface area contributed by atoms with Gasteiger partial charge in [-0.1, -0.05) is 24.3 Å². The molecule has 28 heavy (non-hydrogen) atoms. The van der Waals surface area contributed by atoms with Gasteiger partial charge in [0.25, 0.3) is 5.91 Å². The third-order valence-electron chi connectivity index (χ3n) is 4.65. The fourth-order valence-corrected chi connectivity index (χ4v) is 3.23. The van der Waals surface area contributed by atoms with Crippen molar-refractivity contribution >= 4 is 23.2 Å². The molecule has 7 nitrogen and oxygen atoms in total. The highest BCUT2D eigenvalue weighted by Crippen LogP contribution is 2.31. The van der Waals surface area contributed by atoms with Gasteiger partial charge in [-0.3, -0.25) is 9.59 Å². The van der Waals surface area contributed by atoms with Gasteiger partial charge in [0.1, 0.15) is 18.9 Å². The van der Waals surface area contributed by atoms with Crippen molar-refractivity contribution in [3.63, 3.8) is 0 Å². The minimum Gasteiger partial charge on any atom is -0.486 e. The van der Waals surface area contributed by atoms with Crippen LogP contribution >= 0.6 is 0 Å². The number of nitrogens with zero attached hydrogens (tertiary/aromatic N) is 3. The van der Waals surface area contributed by atoms with Gasteiger partial charge in [0.15, 0.2) is 11.5 Å². The van der Waals surface area contributed by atoms with Crippen molar-refractivity contribution in [3.05, 3.63) is 54.1 Å². The summed E-state index contributed by atoms with van der Waals surface area (Å²) < 4.78 is 11.1. The van der Waals surface area contributed by atoms with E-state index in [1.165, 1.54) is 5.01 Å². The van der Waals surface area contributed by atoms with Crippen molar-refractivity contribution in [2.75, 3.05) is 25.3 Å². The van der Waals surface area contributed by atoms with Crippen molar-refractivity contribution in [1.29, 1.82) is 0 Å². The number of para-hydroxylation sites is 1. The molecule has 0 fully saturated rings. The third-order valence-corrected chi connectivity index (χ3v) is 4.65. The minimum absolute atomic E-state index is 0.114. The topological polar surface area (TPSA) is 71.4 Å². The van der Waals surface area contributed by atoms with E-state index < -0.39 is 0 Å². The highest BCUT2D eigenvalue weighted by Gasteiger charge is 2.27. The van der Waals surface area contributed by atoms with E-state index in [1.54, 1.807) is 24.1 Å². The first-order valence-corrected chi connectivity index (χ1v) is 9.21. The Balaban J connectivity index is 1.49. The van der Waals surface area contributed by atoms with E-state index in [9.17, 15) is 9.59 Å². The molecule has 2 aliphatic heterocycles. The zero-order valence-corrected chi connectivity index (χ0v) is 15.6. The third kappa shape index (κ3) is 3.69. The van der Waals surface area contributed by atoms with E-state index in [0.29, 0.717) is 43.3 Å². The maximum atomic E-state index is 12.9. The summed E-state index contributed by atoms with van der Waals surface area (Å²) in [5.74, 6) is 1.11. The molecule has 4 rings (SSSR count). The summed E-state index contributed by atoms with van der Waals surface area (Å²) in [4.78, 5) is 26.7. The van der Waals surface area contributed by atoms with Crippen molar-refractivity contribution in [3.8, 4) is 11.5 Å². The molecule has 0 aromatic heterocycles. The predicted octanol–water partition coefficient (Wildman–Crippen LogP) is 2.60. The Morgan fingerprint density at radius 1 is 1.07 bits per heavy atom. The molecule has 2 aromatic rings. The van der Waals surface area contributed by atoms with Crippen LogP contribution in [0.25, 0.3) is 0 Å². The summed E-state index contributed by atoms with van der Waals surface area (Å²) in [5, 5.41) is 5.64. The van der Waals surface area contributed by atoms with Gasteiger partial charge >= 0.3 is 0 Å². The van der Waals surface area contributed by atoms with Crippen LogP contribution in [0.1, 0.15) is 18.4 Å². The Bertz CT molecular complexity index is 927. The smallest absolute Gasteiger partial charge is 0.270 e. The van der Waals surface area contributed by atoms with E-state index in [0.717, 1.165) is 11.3 Å².